The van der Waals surface area contributed by atoms with Crippen molar-refractivity contribution in [3.05, 3.63) is 29.6 Å². The van der Waals surface area contributed by atoms with Gasteiger partial charge >= 0.3 is 12.3 Å². The first-order valence-corrected chi connectivity index (χ1v) is 16.8. The van der Waals surface area contributed by atoms with E-state index in [1.54, 1.807) is 24.2 Å². The molecule has 36 heavy (non-hydrogen) atoms. The average Bonchev–Trinajstić information content (AvgIpc) is 2.87. The lowest BCUT2D eigenvalue weighted by Crippen LogP contribution is -2.33. The highest BCUT2D eigenvalue weighted by Gasteiger charge is 2.42. The van der Waals surface area contributed by atoms with Crippen LogP contribution in [0, 0.1) is 23.6 Å². The Labute approximate surface area is 216 Å². The summed E-state index contributed by atoms with van der Waals surface area (Å²) in [6, 6.07) is 8.91. The van der Waals surface area contributed by atoms with E-state index in [2.05, 4.69) is 11.7 Å². The largest absolute Gasteiger partial charge is 0.484 e. The smallest absolute Gasteiger partial charge is 0.340 e. The minimum Gasteiger partial charge on any atom is -0.484 e. The van der Waals surface area contributed by atoms with Crippen molar-refractivity contribution >= 4 is 8.80 Å². The van der Waals surface area contributed by atoms with Crippen LogP contribution in [0.5, 0.6) is 5.75 Å². The molecule has 0 spiro atoms. The van der Waals surface area contributed by atoms with E-state index in [4.69, 9.17) is 0 Å². The van der Waals surface area contributed by atoms with Crippen LogP contribution < -0.4 is 4.74 Å². The third-order valence-electron chi connectivity index (χ3n) is 8.73. The van der Waals surface area contributed by atoms with Crippen LogP contribution in [-0.4, -0.2) is 27.8 Å². The first-order chi connectivity index (χ1) is 17.3. The van der Waals surface area contributed by atoms with E-state index in [0.29, 0.717) is 6.42 Å². The van der Waals surface area contributed by atoms with E-state index in [9.17, 15) is 22.0 Å². The highest BCUT2D eigenvalue weighted by atomic mass is 28.3. The van der Waals surface area contributed by atoms with Crippen LogP contribution in [0.1, 0.15) is 89.5 Å². The van der Waals surface area contributed by atoms with Gasteiger partial charge in [0.05, 0.1) is 0 Å². The molecule has 1 heterocycles. The van der Waals surface area contributed by atoms with Gasteiger partial charge in [-0.15, -0.1) is 0 Å². The molecule has 206 valence electrons. The van der Waals surface area contributed by atoms with Crippen molar-refractivity contribution in [3.63, 3.8) is 0 Å². The molecule has 1 aliphatic heterocycles. The van der Waals surface area contributed by atoms with Crippen LogP contribution >= 0.6 is 0 Å². The molecule has 0 N–H and O–H groups in total. The van der Waals surface area contributed by atoms with Gasteiger partial charge in [0.25, 0.3) is 0 Å². The topological polar surface area (TPSA) is 9.23 Å². The van der Waals surface area contributed by atoms with Crippen LogP contribution in [0.2, 0.25) is 18.1 Å². The van der Waals surface area contributed by atoms with Crippen LogP contribution in [-0.2, 0) is 6.42 Å². The number of rotatable bonds is 14. The average molecular weight is 533 g/mol. The summed E-state index contributed by atoms with van der Waals surface area (Å²) in [6.07, 6.45) is 12.9. The number of ether oxygens (including phenoxy) is 1. The zero-order chi connectivity index (χ0) is 26.0. The van der Waals surface area contributed by atoms with Crippen molar-refractivity contribution in [1.29, 1.82) is 0 Å². The molecular weight excluding hydrogens is 487 g/mol. The Morgan fingerprint density at radius 3 is 2.28 bits per heavy atom. The minimum absolute atomic E-state index is 0.414. The lowest BCUT2D eigenvalue weighted by atomic mass is 9.73. The predicted molar refractivity (Wildman–Crippen MR) is 140 cm³/mol. The molecule has 1 aromatic rings. The van der Waals surface area contributed by atoms with Gasteiger partial charge in [0, 0.05) is 8.80 Å². The molecule has 3 rings (SSSR count). The number of alkyl halides is 4. The lowest BCUT2D eigenvalue weighted by molar-refractivity contribution is -0.148. The van der Waals surface area contributed by atoms with Crippen molar-refractivity contribution in [2.24, 2.45) is 17.8 Å². The second-order valence-corrected chi connectivity index (χ2v) is 14.9. The van der Waals surface area contributed by atoms with E-state index in [1.807, 2.05) is 0 Å². The normalized spacial score (nSPS) is 25.3. The Bertz CT molecular complexity index is 758. The van der Waals surface area contributed by atoms with E-state index >= 15 is 0 Å². The maximum Gasteiger partial charge on any atom is 0.340 e. The van der Waals surface area contributed by atoms with Crippen LogP contribution in [0.4, 0.5) is 22.0 Å². The number of hydrogen-bond acceptors (Lipinski definition) is 1. The molecule has 0 bridgehead atoms. The monoisotopic (exact) mass is 532 g/mol. The summed E-state index contributed by atoms with van der Waals surface area (Å²) < 4.78 is 69.2. The molecule has 1 aliphatic carbocycles. The van der Waals surface area contributed by atoms with E-state index in [-0.39, 0.29) is 0 Å². The van der Waals surface area contributed by atoms with Crippen molar-refractivity contribution in [2.75, 3.05) is 6.61 Å². The van der Waals surface area contributed by atoms with Crippen molar-refractivity contribution < 1.29 is 26.7 Å². The molecule has 1 nitrogen and oxygen atoms in total. The van der Waals surface area contributed by atoms with Gasteiger partial charge in [-0.1, -0.05) is 88.9 Å². The van der Waals surface area contributed by atoms with E-state index < -0.39 is 39.3 Å². The Balaban J connectivity index is 1.28. The second-order valence-electron chi connectivity index (χ2n) is 11.4. The Morgan fingerprint density at radius 2 is 1.64 bits per heavy atom. The summed E-state index contributed by atoms with van der Waals surface area (Å²) in [5.74, 6) is -2.73. The first kappa shape index (κ1) is 29.4. The molecule has 2 fully saturated rings. The zero-order valence-electron chi connectivity index (χ0n) is 21.9. The molecule has 7 heteroatoms. The van der Waals surface area contributed by atoms with Gasteiger partial charge in [-0.25, -0.2) is 13.2 Å². The summed E-state index contributed by atoms with van der Waals surface area (Å²) in [7, 11) is -0.417. The number of unbranched alkanes of at least 4 members (excludes halogenated alkanes) is 3. The molecule has 2 aliphatic rings. The maximum atomic E-state index is 14.2. The number of hydrogen-bond donors (Lipinski definition) is 0. The number of aryl methyl sites for hydroxylation is 1. The Hall–Kier alpha value is -1.11. The standard InChI is InChI=1S/C29H45F5OSi/c1-2-3-6-17-36-18-15-25(16-19-36)24-12-9-22(10-13-24)7-4-5-8-23-11-14-27(26(30)20-23)35-21-29(33,34)28(31)32/h11,14,20,22,24-25,28,36H,2-10,12-13,15-19,21H2,1H3/t22-,24-,25-,36-. The molecule has 0 radical (unpaired) electrons. The fourth-order valence-electron chi connectivity index (χ4n) is 6.40. The zero-order valence-corrected chi connectivity index (χ0v) is 23.1. The van der Waals surface area contributed by atoms with Crippen LogP contribution in [0.15, 0.2) is 18.2 Å². The van der Waals surface area contributed by atoms with Gasteiger partial charge in [-0.2, -0.15) is 8.78 Å². The Morgan fingerprint density at radius 1 is 0.944 bits per heavy atom. The van der Waals surface area contributed by atoms with Gasteiger partial charge in [-0.3, -0.25) is 0 Å². The summed E-state index contributed by atoms with van der Waals surface area (Å²) in [5, 5.41) is 0. The van der Waals surface area contributed by atoms with Crippen LogP contribution in [0.3, 0.4) is 0 Å². The summed E-state index contributed by atoms with van der Waals surface area (Å²) in [6.45, 7) is 0.760. The third kappa shape index (κ3) is 9.32. The SMILES string of the molecule is CCCCC[Si@H]1CC[C@H]([C@H]2CC[C@H](CCCCc3ccc(OCC(F)(F)C(F)F)c(F)c3)CC2)CC1. The summed E-state index contributed by atoms with van der Waals surface area (Å²) >= 11 is 0. The highest BCUT2D eigenvalue weighted by molar-refractivity contribution is 6.58. The van der Waals surface area contributed by atoms with Gasteiger partial charge < -0.3 is 4.74 Å². The molecule has 0 aromatic heterocycles. The van der Waals surface area contributed by atoms with Gasteiger partial charge in [-0.05, 0) is 61.1 Å². The molecule has 1 saturated carbocycles. The molecule has 1 aromatic carbocycles. The predicted octanol–water partition coefficient (Wildman–Crippen LogP) is 9.45. The molecular formula is C29H45F5OSi. The summed E-state index contributed by atoms with van der Waals surface area (Å²) in [5.41, 5.74) is 0.776. The minimum atomic E-state index is -4.29. The molecule has 0 unspecified atom stereocenters. The Kier molecular flexibility index (Phi) is 12.0. The first-order valence-electron chi connectivity index (χ1n) is 14.4. The maximum absolute atomic E-state index is 14.2. The summed E-state index contributed by atoms with van der Waals surface area (Å²) in [4.78, 5) is 0. The van der Waals surface area contributed by atoms with E-state index in [1.165, 1.54) is 76.3 Å². The highest BCUT2D eigenvalue weighted by Crippen LogP contribution is 2.42. The fourth-order valence-corrected chi connectivity index (χ4v) is 9.93. The van der Waals surface area contributed by atoms with Gasteiger partial charge in [0.1, 0.15) is 0 Å². The van der Waals surface area contributed by atoms with Crippen LogP contribution in [0.25, 0.3) is 0 Å². The quantitative estimate of drug-likeness (QED) is 0.132. The van der Waals surface area contributed by atoms with E-state index in [0.717, 1.165) is 36.2 Å². The molecule has 0 atom stereocenters. The second kappa shape index (κ2) is 14.7. The molecule has 1 saturated heterocycles. The third-order valence-corrected chi connectivity index (χ3v) is 12.3. The van der Waals surface area contributed by atoms with Gasteiger partial charge in [0.2, 0.25) is 0 Å². The van der Waals surface area contributed by atoms with Crippen molar-refractivity contribution in [1.82, 2.24) is 0 Å². The fraction of sp³-hybridized carbons (Fsp3) is 0.793. The van der Waals surface area contributed by atoms with Crippen molar-refractivity contribution in [2.45, 2.75) is 121 Å². The molecule has 0 amide bonds. The number of halogens is 5. The number of benzene rings is 1. The van der Waals surface area contributed by atoms with Gasteiger partial charge in [0.15, 0.2) is 18.2 Å². The lowest BCUT2D eigenvalue weighted by Gasteiger charge is -2.37. The van der Waals surface area contributed by atoms with Crippen molar-refractivity contribution in [3.8, 4) is 5.75 Å².